The number of amides is 2. The lowest BCUT2D eigenvalue weighted by Crippen LogP contribution is -2.37. The number of halogens is 2. The standard InChI is InChI=1S/C13H18Cl2N2O3/c14-11-3-2-10(12(15)8-11)9-20-7-5-17-13(19)16-4-1-6-18/h2-3,8,18H,1,4-7,9H2,(H2,16,17,19). The van der Waals surface area contributed by atoms with Crippen molar-refractivity contribution < 1.29 is 14.6 Å². The predicted molar refractivity (Wildman–Crippen MR) is 79.2 cm³/mol. The van der Waals surface area contributed by atoms with Crippen LogP contribution >= 0.6 is 23.2 Å². The van der Waals surface area contributed by atoms with Crippen molar-refractivity contribution in [3.8, 4) is 0 Å². The maximum atomic E-state index is 11.2. The van der Waals surface area contributed by atoms with Gasteiger partial charge in [-0.15, -0.1) is 0 Å². The van der Waals surface area contributed by atoms with Gasteiger partial charge in [0.1, 0.15) is 0 Å². The van der Waals surface area contributed by atoms with Gasteiger partial charge >= 0.3 is 6.03 Å². The molecule has 0 unspecified atom stereocenters. The Labute approximate surface area is 128 Å². The van der Waals surface area contributed by atoms with Gasteiger partial charge in [0.2, 0.25) is 0 Å². The Morgan fingerprint density at radius 1 is 1.25 bits per heavy atom. The molecule has 1 rings (SSSR count). The first-order valence-corrected chi connectivity index (χ1v) is 7.03. The van der Waals surface area contributed by atoms with E-state index in [-0.39, 0.29) is 12.6 Å². The Balaban J connectivity index is 2.11. The molecule has 0 aromatic heterocycles. The first kappa shape index (κ1) is 17.0. The van der Waals surface area contributed by atoms with Gasteiger partial charge in [0.25, 0.3) is 0 Å². The maximum absolute atomic E-state index is 11.2. The molecule has 1 aromatic rings. The van der Waals surface area contributed by atoms with Crippen LogP contribution in [0.2, 0.25) is 10.0 Å². The lowest BCUT2D eigenvalue weighted by molar-refractivity contribution is 0.123. The molecule has 7 heteroatoms. The summed E-state index contributed by atoms with van der Waals surface area (Å²) in [6.45, 7) is 1.65. The third kappa shape index (κ3) is 6.96. The van der Waals surface area contributed by atoms with Gasteiger partial charge in [-0.1, -0.05) is 29.3 Å². The van der Waals surface area contributed by atoms with Crippen molar-refractivity contribution >= 4 is 29.2 Å². The lowest BCUT2D eigenvalue weighted by atomic mass is 10.2. The molecule has 20 heavy (non-hydrogen) atoms. The number of rotatable bonds is 8. The van der Waals surface area contributed by atoms with Crippen molar-refractivity contribution in [2.24, 2.45) is 0 Å². The molecule has 0 aliphatic heterocycles. The number of carbonyl (C=O) groups is 1. The molecule has 0 bridgehead atoms. The molecule has 3 N–H and O–H groups in total. The first-order chi connectivity index (χ1) is 9.63. The molecule has 1 aromatic carbocycles. The fourth-order valence-electron chi connectivity index (χ4n) is 1.40. The summed E-state index contributed by atoms with van der Waals surface area (Å²) in [6, 6.07) is 4.94. The van der Waals surface area contributed by atoms with E-state index in [4.69, 9.17) is 33.0 Å². The summed E-state index contributed by atoms with van der Waals surface area (Å²) in [7, 11) is 0. The van der Waals surface area contributed by atoms with E-state index in [1.54, 1.807) is 18.2 Å². The molecule has 0 fully saturated rings. The van der Waals surface area contributed by atoms with Gasteiger partial charge < -0.3 is 20.5 Å². The van der Waals surface area contributed by atoms with E-state index < -0.39 is 0 Å². The highest BCUT2D eigenvalue weighted by atomic mass is 35.5. The molecule has 112 valence electrons. The van der Waals surface area contributed by atoms with Crippen LogP contribution < -0.4 is 10.6 Å². The van der Waals surface area contributed by atoms with Gasteiger partial charge in [0, 0.05) is 29.7 Å². The minimum atomic E-state index is -0.272. The van der Waals surface area contributed by atoms with Gasteiger partial charge in [-0.2, -0.15) is 0 Å². The second-order valence-corrected chi connectivity index (χ2v) is 4.89. The first-order valence-electron chi connectivity index (χ1n) is 6.27. The number of benzene rings is 1. The molecule has 0 saturated carbocycles. The predicted octanol–water partition coefficient (Wildman–Crippen LogP) is 2.19. The summed E-state index contributed by atoms with van der Waals surface area (Å²) in [5.41, 5.74) is 0.850. The topological polar surface area (TPSA) is 70.6 Å². The number of aliphatic hydroxyl groups is 1. The van der Waals surface area contributed by atoms with Crippen LogP contribution in [-0.4, -0.2) is 37.4 Å². The average Bonchev–Trinajstić information content (AvgIpc) is 2.41. The molecule has 5 nitrogen and oxygen atoms in total. The van der Waals surface area contributed by atoms with Crippen LogP contribution in [0.3, 0.4) is 0 Å². The maximum Gasteiger partial charge on any atom is 0.314 e. The summed E-state index contributed by atoms with van der Waals surface area (Å²) in [5.74, 6) is 0. The number of carbonyl (C=O) groups excluding carboxylic acids is 1. The Hall–Kier alpha value is -1.01. The van der Waals surface area contributed by atoms with E-state index in [2.05, 4.69) is 10.6 Å². The molecule has 0 saturated heterocycles. The van der Waals surface area contributed by atoms with Gasteiger partial charge in [0.05, 0.1) is 13.2 Å². The van der Waals surface area contributed by atoms with E-state index in [1.165, 1.54) is 0 Å². The highest BCUT2D eigenvalue weighted by molar-refractivity contribution is 6.35. The zero-order chi connectivity index (χ0) is 14.8. The van der Waals surface area contributed by atoms with Crippen LogP contribution in [0, 0.1) is 0 Å². The molecule has 0 atom stereocenters. The zero-order valence-corrected chi connectivity index (χ0v) is 12.5. The fraction of sp³-hybridized carbons (Fsp3) is 0.462. The quantitative estimate of drug-likeness (QED) is 0.643. The molecule has 2 amide bonds. The fourth-order valence-corrected chi connectivity index (χ4v) is 1.86. The van der Waals surface area contributed by atoms with Crippen molar-refractivity contribution in [3.63, 3.8) is 0 Å². The summed E-state index contributed by atoms with van der Waals surface area (Å²) in [6.07, 6.45) is 0.541. The van der Waals surface area contributed by atoms with Crippen LogP contribution in [0.5, 0.6) is 0 Å². The average molecular weight is 321 g/mol. The monoisotopic (exact) mass is 320 g/mol. The number of hydrogen-bond donors (Lipinski definition) is 3. The lowest BCUT2D eigenvalue weighted by Gasteiger charge is -2.08. The van der Waals surface area contributed by atoms with E-state index in [1.807, 2.05) is 0 Å². The number of urea groups is 1. The molecular formula is C13H18Cl2N2O3. The molecule has 0 heterocycles. The van der Waals surface area contributed by atoms with Crippen molar-refractivity contribution in [2.45, 2.75) is 13.0 Å². The highest BCUT2D eigenvalue weighted by Crippen LogP contribution is 2.21. The Morgan fingerprint density at radius 3 is 2.70 bits per heavy atom. The number of hydrogen-bond acceptors (Lipinski definition) is 3. The van der Waals surface area contributed by atoms with Crippen molar-refractivity contribution in [2.75, 3.05) is 26.3 Å². The summed E-state index contributed by atoms with van der Waals surface area (Å²) < 4.78 is 5.41. The number of nitrogens with one attached hydrogen (secondary N) is 2. The SMILES string of the molecule is O=C(NCCCO)NCCOCc1ccc(Cl)cc1Cl. The minimum Gasteiger partial charge on any atom is -0.396 e. The van der Waals surface area contributed by atoms with Crippen LogP contribution in [-0.2, 0) is 11.3 Å². The Morgan fingerprint density at radius 2 is 2.00 bits per heavy atom. The van der Waals surface area contributed by atoms with Crippen LogP contribution in [0.15, 0.2) is 18.2 Å². The minimum absolute atomic E-state index is 0.0608. The Bertz CT molecular complexity index is 430. The van der Waals surface area contributed by atoms with E-state index in [0.717, 1.165) is 5.56 Å². The van der Waals surface area contributed by atoms with Crippen molar-refractivity contribution in [1.29, 1.82) is 0 Å². The van der Waals surface area contributed by atoms with E-state index in [9.17, 15) is 4.79 Å². The molecule has 0 aliphatic carbocycles. The van der Waals surface area contributed by atoms with E-state index >= 15 is 0 Å². The highest BCUT2D eigenvalue weighted by Gasteiger charge is 2.02. The van der Waals surface area contributed by atoms with Crippen LogP contribution in [0.1, 0.15) is 12.0 Å². The Kier molecular flexibility index (Phi) is 8.37. The zero-order valence-electron chi connectivity index (χ0n) is 11.0. The number of aliphatic hydroxyl groups excluding tert-OH is 1. The van der Waals surface area contributed by atoms with Crippen molar-refractivity contribution in [1.82, 2.24) is 10.6 Å². The third-order valence-corrected chi connectivity index (χ3v) is 3.01. The normalized spacial score (nSPS) is 10.3. The molecule has 0 aliphatic rings. The van der Waals surface area contributed by atoms with Gasteiger partial charge in [-0.25, -0.2) is 4.79 Å². The third-order valence-electron chi connectivity index (χ3n) is 2.43. The molecule has 0 spiro atoms. The van der Waals surface area contributed by atoms with Gasteiger partial charge in [-0.3, -0.25) is 0 Å². The molecular weight excluding hydrogens is 303 g/mol. The number of ether oxygens (including phenoxy) is 1. The summed E-state index contributed by atoms with van der Waals surface area (Å²) in [5, 5.41) is 15.0. The van der Waals surface area contributed by atoms with Crippen molar-refractivity contribution in [3.05, 3.63) is 33.8 Å². The van der Waals surface area contributed by atoms with Gasteiger partial charge in [0.15, 0.2) is 0 Å². The van der Waals surface area contributed by atoms with E-state index in [0.29, 0.717) is 42.8 Å². The summed E-state index contributed by atoms with van der Waals surface area (Å²) in [4.78, 5) is 11.2. The van der Waals surface area contributed by atoms with Crippen LogP contribution in [0.4, 0.5) is 4.79 Å². The molecule has 0 radical (unpaired) electrons. The van der Waals surface area contributed by atoms with Gasteiger partial charge in [-0.05, 0) is 24.1 Å². The largest absolute Gasteiger partial charge is 0.396 e. The second kappa shape index (κ2) is 9.83. The second-order valence-electron chi connectivity index (χ2n) is 4.05. The smallest absolute Gasteiger partial charge is 0.314 e. The summed E-state index contributed by atoms with van der Waals surface area (Å²) >= 11 is 11.8. The van der Waals surface area contributed by atoms with Crippen LogP contribution in [0.25, 0.3) is 0 Å².